The molecular weight excluding hydrogens is 296 g/mol. The first-order chi connectivity index (χ1) is 11.8. The van der Waals surface area contributed by atoms with Gasteiger partial charge in [-0.1, -0.05) is 36.4 Å². The van der Waals surface area contributed by atoms with Crippen molar-refractivity contribution in [2.24, 2.45) is 10.4 Å². The van der Waals surface area contributed by atoms with Crippen molar-refractivity contribution < 1.29 is 0 Å². The average molecular weight is 322 g/mol. The number of nitrogens with zero attached hydrogens (tertiary/aromatic N) is 2. The summed E-state index contributed by atoms with van der Waals surface area (Å²) in [5.74, 6) is 0.880. The molecule has 0 spiro atoms. The van der Waals surface area contributed by atoms with Crippen LogP contribution in [0.15, 0.2) is 59.7 Å². The Morgan fingerprint density at radius 2 is 1.88 bits per heavy atom. The van der Waals surface area contributed by atoms with Crippen LogP contribution in [0.1, 0.15) is 24.1 Å². The lowest BCUT2D eigenvalue weighted by atomic mass is 9.96. The Hall–Kier alpha value is -2.36. The van der Waals surface area contributed by atoms with Gasteiger partial charge in [-0.2, -0.15) is 0 Å². The van der Waals surface area contributed by atoms with Crippen molar-refractivity contribution in [1.82, 2.24) is 15.6 Å². The Kier molecular flexibility index (Phi) is 5.47. The molecule has 0 saturated heterocycles. The van der Waals surface area contributed by atoms with Crippen molar-refractivity contribution in [3.63, 3.8) is 0 Å². The van der Waals surface area contributed by atoms with E-state index in [-0.39, 0.29) is 0 Å². The zero-order chi connectivity index (χ0) is 16.7. The molecule has 1 fully saturated rings. The molecule has 0 radical (unpaired) electrons. The summed E-state index contributed by atoms with van der Waals surface area (Å²) in [7, 11) is 1.83. The van der Waals surface area contributed by atoms with Crippen molar-refractivity contribution in [2.45, 2.75) is 25.7 Å². The van der Waals surface area contributed by atoms with E-state index in [0.29, 0.717) is 5.41 Å². The summed E-state index contributed by atoms with van der Waals surface area (Å²) in [6.45, 7) is 1.81. The molecule has 1 aliphatic rings. The summed E-state index contributed by atoms with van der Waals surface area (Å²) in [5, 5.41) is 6.88. The number of rotatable bonds is 7. The van der Waals surface area contributed by atoms with Gasteiger partial charge in [-0.15, -0.1) is 0 Å². The van der Waals surface area contributed by atoms with Crippen LogP contribution < -0.4 is 10.6 Å². The molecule has 0 atom stereocenters. The minimum absolute atomic E-state index is 0.403. The first-order valence-electron chi connectivity index (χ1n) is 8.68. The van der Waals surface area contributed by atoms with Gasteiger partial charge in [0.2, 0.25) is 0 Å². The molecule has 1 aromatic carbocycles. The molecule has 126 valence electrons. The molecule has 0 amide bonds. The number of aliphatic imine (C=N–C) groups is 1. The highest BCUT2D eigenvalue weighted by molar-refractivity contribution is 5.79. The molecule has 2 aromatic rings. The highest BCUT2D eigenvalue weighted by atomic mass is 15.2. The molecule has 0 aliphatic heterocycles. The molecule has 4 nitrogen and oxygen atoms in total. The number of aromatic nitrogens is 1. The summed E-state index contributed by atoms with van der Waals surface area (Å²) in [6, 6.07) is 16.8. The van der Waals surface area contributed by atoms with E-state index in [1.54, 1.807) is 0 Å². The van der Waals surface area contributed by atoms with Crippen molar-refractivity contribution in [3.05, 3.63) is 66.0 Å². The lowest BCUT2D eigenvalue weighted by molar-refractivity contribution is 0.492. The van der Waals surface area contributed by atoms with Crippen LogP contribution in [0.25, 0.3) is 0 Å². The standard InChI is InChI=1S/C20H26N4/c1-21-19(23-14-10-18-9-5-6-13-22-18)24-16-20(11-12-20)15-17-7-3-2-4-8-17/h2-9,13H,10-12,14-16H2,1H3,(H2,21,23,24). The first kappa shape index (κ1) is 16.5. The number of pyridine rings is 1. The summed E-state index contributed by atoms with van der Waals surface area (Å²) in [6.07, 6.45) is 6.46. The van der Waals surface area contributed by atoms with E-state index in [4.69, 9.17) is 0 Å². The van der Waals surface area contributed by atoms with Gasteiger partial charge < -0.3 is 10.6 Å². The van der Waals surface area contributed by atoms with Gasteiger partial charge >= 0.3 is 0 Å². The van der Waals surface area contributed by atoms with Gasteiger partial charge in [0.25, 0.3) is 0 Å². The van der Waals surface area contributed by atoms with E-state index in [2.05, 4.69) is 57.0 Å². The van der Waals surface area contributed by atoms with Crippen molar-refractivity contribution in [2.75, 3.05) is 20.1 Å². The fourth-order valence-electron chi connectivity index (χ4n) is 2.97. The molecular formula is C20H26N4. The van der Waals surface area contributed by atoms with E-state index in [1.807, 2.05) is 25.4 Å². The number of guanidine groups is 1. The smallest absolute Gasteiger partial charge is 0.191 e. The quantitative estimate of drug-likeness (QED) is 0.609. The van der Waals surface area contributed by atoms with E-state index in [9.17, 15) is 0 Å². The van der Waals surface area contributed by atoms with Crippen LogP contribution in [-0.2, 0) is 12.8 Å². The van der Waals surface area contributed by atoms with E-state index in [0.717, 1.165) is 37.6 Å². The predicted molar refractivity (Wildman–Crippen MR) is 99.1 cm³/mol. The second kappa shape index (κ2) is 7.95. The van der Waals surface area contributed by atoms with Gasteiger partial charge in [-0.05, 0) is 42.4 Å². The number of benzene rings is 1. The SMILES string of the molecule is CN=C(NCCc1ccccn1)NCC1(Cc2ccccc2)CC1. The zero-order valence-electron chi connectivity index (χ0n) is 14.3. The summed E-state index contributed by atoms with van der Waals surface area (Å²) < 4.78 is 0. The van der Waals surface area contributed by atoms with Crippen molar-refractivity contribution in [1.29, 1.82) is 0 Å². The van der Waals surface area contributed by atoms with Gasteiger partial charge in [0, 0.05) is 38.4 Å². The molecule has 3 rings (SSSR count). The van der Waals surface area contributed by atoms with Crippen molar-refractivity contribution in [3.8, 4) is 0 Å². The Balaban J connectivity index is 1.43. The fraction of sp³-hybridized carbons (Fsp3) is 0.400. The van der Waals surface area contributed by atoms with Crippen LogP contribution in [-0.4, -0.2) is 31.1 Å². The molecule has 1 aromatic heterocycles. The molecule has 0 unspecified atom stereocenters. The summed E-state index contributed by atoms with van der Waals surface area (Å²) in [4.78, 5) is 8.67. The average Bonchev–Trinajstić information content (AvgIpc) is 3.39. The van der Waals surface area contributed by atoms with Crippen LogP contribution >= 0.6 is 0 Å². The van der Waals surface area contributed by atoms with Crippen molar-refractivity contribution >= 4 is 5.96 Å². The van der Waals surface area contributed by atoms with Gasteiger partial charge in [0.15, 0.2) is 5.96 Å². The number of hydrogen-bond donors (Lipinski definition) is 2. The van der Waals surface area contributed by atoms with Crippen LogP contribution in [0.3, 0.4) is 0 Å². The maximum absolute atomic E-state index is 4.34. The molecule has 24 heavy (non-hydrogen) atoms. The molecule has 4 heteroatoms. The lowest BCUT2D eigenvalue weighted by Gasteiger charge is -2.18. The number of hydrogen-bond acceptors (Lipinski definition) is 2. The van der Waals surface area contributed by atoms with Gasteiger partial charge in [-0.25, -0.2) is 0 Å². The minimum atomic E-state index is 0.403. The summed E-state index contributed by atoms with van der Waals surface area (Å²) >= 11 is 0. The minimum Gasteiger partial charge on any atom is -0.356 e. The molecule has 1 saturated carbocycles. The predicted octanol–water partition coefficient (Wildman–Crippen LogP) is 2.81. The Labute approximate surface area is 144 Å². The van der Waals surface area contributed by atoms with E-state index in [1.165, 1.54) is 18.4 Å². The molecule has 1 heterocycles. The van der Waals surface area contributed by atoms with Crippen LogP contribution in [0.4, 0.5) is 0 Å². The largest absolute Gasteiger partial charge is 0.356 e. The van der Waals surface area contributed by atoms with Gasteiger partial charge in [0.05, 0.1) is 0 Å². The molecule has 1 aliphatic carbocycles. The maximum Gasteiger partial charge on any atom is 0.191 e. The second-order valence-electron chi connectivity index (χ2n) is 6.59. The topological polar surface area (TPSA) is 49.3 Å². The van der Waals surface area contributed by atoms with E-state index >= 15 is 0 Å². The Morgan fingerprint density at radius 3 is 2.54 bits per heavy atom. The second-order valence-corrected chi connectivity index (χ2v) is 6.59. The monoisotopic (exact) mass is 322 g/mol. The Morgan fingerprint density at radius 1 is 1.08 bits per heavy atom. The third kappa shape index (κ3) is 4.82. The Bertz CT molecular complexity index is 648. The zero-order valence-corrected chi connectivity index (χ0v) is 14.3. The third-order valence-corrected chi connectivity index (χ3v) is 4.63. The van der Waals surface area contributed by atoms with Crippen LogP contribution in [0.5, 0.6) is 0 Å². The maximum atomic E-state index is 4.34. The fourth-order valence-corrected chi connectivity index (χ4v) is 2.97. The first-order valence-corrected chi connectivity index (χ1v) is 8.68. The van der Waals surface area contributed by atoms with Gasteiger partial charge in [-0.3, -0.25) is 9.98 Å². The molecule has 2 N–H and O–H groups in total. The highest BCUT2D eigenvalue weighted by Crippen LogP contribution is 2.47. The van der Waals surface area contributed by atoms with Crippen LogP contribution in [0.2, 0.25) is 0 Å². The highest BCUT2D eigenvalue weighted by Gasteiger charge is 2.42. The third-order valence-electron chi connectivity index (χ3n) is 4.63. The number of nitrogens with one attached hydrogen (secondary N) is 2. The summed E-state index contributed by atoms with van der Waals surface area (Å²) in [5.41, 5.74) is 2.93. The van der Waals surface area contributed by atoms with Crippen LogP contribution in [0, 0.1) is 5.41 Å². The van der Waals surface area contributed by atoms with Gasteiger partial charge in [0.1, 0.15) is 0 Å². The normalized spacial score (nSPS) is 15.8. The van der Waals surface area contributed by atoms with E-state index < -0.39 is 0 Å². The molecule has 0 bridgehead atoms. The lowest BCUT2D eigenvalue weighted by Crippen LogP contribution is -2.41.